The van der Waals surface area contributed by atoms with Gasteiger partial charge in [-0.1, -0.05) is 45.3 Å². The Bertz CT molecular complexity index is 375. The number of hydrogen-bond donors (Lipinski definition) is 0. The van der Waals surface area contributed by atoms with Crippen LogP contribution in [0.3, 0.4) is 0 Å². The first-order chi connectivity index (χ1) is 10.3. The first-order valence-electron chi connectivity index (χ1n) is 9.12. The first kappa shape index (κ1) is 17.7. The van der Waals surface area contributed by atoms with Gasteiger partial charge >= 0.3 is 0 Å². The predicted octanol–water partition coefficient (Wildman–Crippen LogP) is 4.85. The molecule has 22 heavy (non-hydrogen) atoms. The van der Waals surface area contributed by atoms with E-state index in [1.807, 2.05) is 0 Å². The fraction of sp³-hybridized carbons (Fsp3) is 1.00. The molecule has 1 saturated carbocycles. The third-order valence-corrected chi connectivity index (χ3v) is 5.26. The van der Waals surface area contributed by atoms with Gasteiger partial charge in [-0.15, -0.1) is 0 Å². The predicted molar refractivity (Wildman–Crippen MR) is 90.9 cm³/mol. The summed E-state index contributed by atoms with van der Waals surface area (Å²) in [7, 11) is 0. The molecule has 128 valence electrons. The summed E-state index contributed by atoms with van der Waals surface area (Å²) < 4.78 is 6.34. The summed E-state index contributed by atoms with van der Waals surface area (Å²) in [5.74, 6) is 1.27. The van der Waals surface area contributed by atoms with Crippen molar-refractivity contribution in [2.75, 3.05) is 6.61 Å². The average molecular weight is 309 g/mol. The number of fused-ring (bicyclic) bond motifs is 1. The molecule has 0 spiro atoms. The van der Waals surface area contributed by atoms with Gasteiger partial charge in [0.05, 0.1) is 17.7 Å². The molecule has 4 heteroatoms. The second-order valence-electron chi connectivity index (χ2n) is 8.51. The molecule has 2 aliphatic rings. The first-order valence-corrected chi connectivity index (χ1v) is 9.12. The van der Waals surface area contributed by atoms with Gasteiger partial charge in [-0.2, -0.15) is 5.11 Å². The van der Waals surface area contributed by atoms with Crippen LogP contribution in [-0.4, -0.2) is 35.3 Å². The molecule has 0 N–H and O–H groups in total. The molecule has 1 aliphatic heterocycles. The van der Waals surface area contributed by atoms with Crippen LogP contribution in [0.5, 0.6) is 0 Å². The van der Waals surface area contributed by atoms with E-state index in [1.54, 1.807) is 0 Å². The van der Waals surface area contributed by atoms with Crippen LogP contribution >= 0.6 is 0 Å². The second kappa shape index (κ2) is 7.29. The highest BCUT2D eigenvalue weighted by Crippen LogP contribution is 2.35. The number of nitrogens with zero attached hydrogens (tertiary/aromatic N) is 3. The molecule has 0 amide bonds. The van der Waals surface area contributed by atoms with Gasteiger partial charge in [-0.25, -0.2) is 0 Å². The quantitative estimate of drug-likeness (QED) is 0.744. The number of hydrogen-bond acceptors (Lipinski definition) is 4. The third-order valence-electron chi connectivity index (χ3n) is 5.26. The lowest BCUT2D eigenvalue weighted by molar-refractivity contribution is -0.0195. The van der Waals surface area contributed by atoms with Gasteiger partial charge in [0.15, 0.2) is 0 Å². The van der Waals surface area contributed by atoms with Crippen LogP contribution in [-0.2, 0) is 4.74 Å². The SMILES string of the molecule is CC(C)C(C)COC1CCCCCC2C1N=NN2C(C)(C)C. The average Bonchev–Trinajstić information content (AvgIpc) is 2.81. The molecule has 2 rings (SSSR count). The minimum atomic E-state index is 0.0396. The highest BCUT2D eigenvalue weighted by atomic mass is 16.5. The van der Waals surface area contributed by atoms with E-state index in [0.717, 1.165) is 13.0 Å². The maximum Gasteiger partial charge on any atom is 0.121 e. The highest BCUT2D eigenvalue weighted by Gasteiger charge is 2.43. The maximum atomic E-state index is 6.34. The lowest BCUT2D eigenvalue weighted by atomic mass is 9.88. The van der Waals surface area contributed by atoms with Crippen LogP contribution < -0.4 is 0 Å². The Morgan fingerprint density at radius 3 is 2.41 bits per heavy atom. The molecule has 4 atom stereocenters. The summed E-state index contributed by atoms with van der Waals surface area (Å²) in [6.07, 6.45) is 6.41. The Morgan fingerprint density at radius 1 is 1.09 bits per heavy atom. The molecule has 0 aromatic carbocycles. The van der Waals surface area contributed by atoms with Crippen molar-refractivity contribution < 1.29 is 4.74 Å². The van der Waals surface area contributed by atoms with Gasteiger partial charge in [0, 0.05) is 6.61 Å². The van der Waals surface area contributed by atoms with Crippen molar-refractivity contribution in [1.29, 1.82) is 0 Å². The molecular formula is C18H35N3O. The van der Waals surface area contributed by atoms with Crippen molar-refractivity contribution in [2.45, 2.75) is 97.4 Å². The molecule has 0 radical (unpaired) electrons. The van der Waals surface area contributed by atoms with Crippen LogP contribution in [0.1, 0.15) is 73.6 Å². The molecule has 1 fully saturated rings. The van der Waals surface area contributed by atoms with E-state index >= 15 is 0 Å². The van der Waals surface area contributed by atoms with Crippen LogP contribution in [0, 0.1) is 11.8 Å². The smallest absolute Gasteiger partial charge is 0.121 e. The van der Waals surface area contributed by atoms with Crippen molar-refractivity contribution in [2.24, 2.45) is 22.2 Å². The lowest BCUT2D eigenvalue weighted by Crippen LogP contribution is -2.49. The third kappa shape index (κ3) is 4.21. The summed E-state index contributed by atoms with van der Waals surface area (Å²) >= 11 is 0. The summed E-state index contributed by atoms with van der Waals surface area (Å²) in [4.78, 5) is 0. The minimum Gasteiger partial charge on any atom is -0.376 e. The molecule has 0 aromatic heterocycles. The van der Waals surface area contributed by atoms with Crippen LogP contribution in [0.25, 0.3) is 0 Å². The number of rotatable bonds is 4. The van der Waals surface area contributed by atoms with Gasteiger partial charge in [0.25, 0.3) is 0 Å². The van der Waals surface area contributed by atoms with Gasteiger partial charge in [0.1, 0.15) is 6.04 Å². The van der Waals surface area contributed by atoms with E-state index < -0.39 is 0 Å². The summed E-state index contributed by atoms with van der Waals surface area (Å²) in [5.41, 5.74) is 0.0396. The van der Waals surface area contributed by atoms with E-state index in [1.165, 1.54) is 25.7 Å². The zero-order valence-electron chi connectivity index (χ0n) is 15.4. The van der Waals surface area contributed by atoms with Crippen LogP contribution in [0.4, 0.5) is 0 Å². The van der Waals surface area contributed by atoms with E-state index in [2.05, 4.69) is 56.9 Å². The van der Waals surface area contributed by atoms with Crippen molar-refractivity contribution >= 4 is 0 Å². The Kier molecular flexibility index (Phi) is 5.87. The molecule has 0 bridgehead atoms. The van der Waals surface area contributed by atoms with Crippen LogP contribution in [0.2, 0.25) is 0 Å². The normalized spacial score (nSPS) is 31.0. The molecular weight excluding hydrogens is 274 g/mol. The lowest BCUT2D eigenvalue weighted by Gasteiger charge is -2.38. The topological polar surface area (TPSA) is 37.2 Å². The van der Waals surface area contributed by atoms with E-state index in [0.29, 0.717) is 17.9 Å². The molecule has 1 heterocycles. The fourth-order valence-electron chi connectivity index (χ4n) is 3.35. The van der Waals surface area contributed by atoms with Gasteiger partial charge in [-0.3, -0.25) is 5.01 Å². The minimum absolute atomic E-state index is 0.0396. The van der Waals surface area contributed by atoms with E-state index in [-0.39, 0.29) is 17.7 Å². The Morgan fingerprint density at radius 2 is 1.77 bits per heavy atom. The summed E-state index contributed by atoms with van der Waals surface area (Å²) in [6.45, 7) is 14.3. The molecule has 0 saturated heterocycles. The standard InChI is InChI=1S/C18H35N3O/c1-13(2)14(3)12-22-16-11-9-7-8-10-15-17(16)19-20-21(15)18(4,5)6/h13-17H,7-12H2,1-6H3. The van der Waals surface area contributed by atoms with E-state index in [9.17, 15) is 0 Å². The molecule has 4 nitrogen and oxygen atoms in total. The number of ether oxygens (including phenoxy) is 1. The monoisotopic (exact) mass is 309 g/mol. The highest BCUT2D eigenvalue weighted by molar-refractivity contribution is 4.96. The molecule has 4 unspecified atom stereocenters. The van der Waals surface area contributed by atoms with Crippen molar-refractivity contribution in [3.8, 4) is 0 Å². The van der Waals surface area contributed by atoms with Gasteiger partial charge in [-0.05, 0) is 45.4 Å². The Balaban J connectivity index is 2.05. The zero-order chi connectivity index (χ0) is 16.3. The van der Waals surface area contributed by atoms with E-state index in [4.69, 9.17) is 4.74 Å². The molecule has 1 aliphatic carbocycles. The fourth-order valence-corrected chi connectivity index (χ4v) is 3.35. The van der Waals surface area contributed by atoms with Gasteiger partial charge < -0.3 is 4.74 Å². The summed E-state index contributed by atoms with van der Waals surface area (Å²) in [6, 6.07) is 0.638. The van der Waals surface area contributed by atoms with Crippen LogP contribution in [0.15, 0.2) is 10.3 Å². The maximum absolute atomic E-state index is 6.34. The Hall–Kier alpha value is -0.640. The van der Waals surface area contributed by atoms with Gasteiger partial charge in [0.2, 0.25) is 0 Å². The molecule has 0 aromatic rings. The largest absolute Gasteiger partial charge is 0.376 e. The van der Waals surface area contributed by atoms with Crippen molar-refractivity contribution in [3.05, 3.63) is 0 Å². The summed E-state index contributed by atoms with van der Waals surface area (Å²) in [5, 5.41) is 11.4. The van der Waals surface area contributed by atoms with Crippen molar-refractivity contribution in [3.63, 3.8) is 0 Å². The second-order valence-corrected chi connectivity index (χ2v) is 8.51. The Labute approximate surface area is 136 Å². The van der Waals surface area contributed by atoms with Crippen molar-refractivity contribution in [1.82, 2.24) is 5.01 Å². The zero-order valence-corrected chi connectivity index (χ0v) is 15.4.